The zero-order chi connectivity index (χ0) is 42.0. The zero-order valence-electron chi connectivity index (χ0n) is 39.5. The van der Waals surface area contributed by atoms with Gasteiger partial charge in [-0.3, -0.25) is 0 Å². The van der Waals surface area contributed by atoms with Gasteiger partial charge in [-0.1, -0.05) is 195 Å². The maximum absolute atomic E-state index is 11.4. The topological polar surface area (TPSA) is 68.3 Å². The molecule has 0 bridgehead atoms. The second kappa shape index (κ2) is 43.5. The molecular formula is C46H104O4P4. The van der Waals surface area contributed by atoms with E-state index in [1.165, 1.54) is 173 Å². The predicted molar refractivity (Wildman–Crippen MR) is 258 cm³/mol. The molecule has 332 valence electrons. The van der Waals surface area contributed by atoms with Crippen LogP contribution in [0, 0.1) is 0 Å². The first-order valence-corrected chi connectivity index (χ1v) is 34.5. The summed E-state index contributed by atoms with van der Waals surface area (Å²) in [6, 6.07) is 0. The van der Waals surface area contributed by atoms with Crippen LogP contribution in [-0.2, 0) is 18.3 Å². The Morgan fingerprint density at radius 3 is 0.426 bits per heavy atom. The van der Waals surface area contributed by atoms with Crippen molar-refractivity contribution >= 4 is 28.6 Å². The van der Waals surface area contributed by atoms with Gasteiger partial charge in [-0.25, -0.2) is 0 Å². The smallest absolute Gasteiger partial charge is 0.0819 e. The minimum Gasteiger partial charge on any atom is -0.324 e. The quantitative estimate of drug-likeness (QED) is 0.0478. The fourth-order valence-electron chi connectivity index (χ4n) is 6.15. The molecule has 0 aromatic heterocycles. The van der Waals surface area contributed by atoms with Gasteiger partial charge < -0.3 is 18.3 Å². The molecule has 0 amide bonds. The maximum Gasteiger partial charge on any atom is 0.0819 e. The molecule has 0 heterocycles. The first-order valence-electron chi connectivity index (χ1n) is 23.4. The van der Waals surface area contributed by atoms with Gasteiger partial charge in [-0.2, -0.15) is 0 Å². The van der Waals surface area contributed by atoms with Crippen LogP contribution in [0.2, 0.25) is 0 Å². The normalized spacial score (nSPS) is 11.9. The Kier molecular flexibility index (Phi) is 49.6. The Morgan fingerprint density at radius 1 is 0.204 bits per heavy atom. The first-order chi connectivity index (χ1) is 25.2. The molecular weight excluding hydrogens is 740 g/mol. The van der Waals surface area contributed by atoms with Crippen molar-refractivity contribution in [3.8, 4) is 0 Å². The van der Waals surface area contributed by atoms with Gasteiger partial charge in [-0.15, -0.1) is 0 Å². The van der Waals surface area contributed by atoms with E-state index in [9.17, 15) is 18.3 Å². The standard InChI is InChI=1S/C13H29OP.C12H27OP.C11H25OP.C10H23OP/c1-4-5-6-7-8-9-10-11-12-13-15(2,3)14;1-4-5-6-7-8-9-10-11-12-14(2,3)13;1-4-5-6-7-8-9-10-11-13(2,3)12;1-4-5-6-7-8-9-10-12(2,3)11/h4-13H2,1-3H3;4-12H2,1-3H3;4-11H2,1-3H3;4-10H2,1-3H3. The van der Waals surface area contributed by atoms with E-state index in [0.29, 0.717) is 0 Å². The second-order valence-corrected chi connectivity index (χ2v) is 32.8. The van der Waals surface area contributed by atoms with Gasteiger partial charge >= 0.3 is 0 Å². The van der Waals surface area contributed by atoms with Crippen molar-refractivity contribution in [2.75, 3.05) is 78.0 Å². The van der Waals surface area contributed by atoms with Gasteiger partial charge in [0.2, 0.25) is 0 Å². The SMILES string of the molecule is CCCCCCCCCCCP(C)(C)=O.CCCCCCCCCCP(C)(C)=O.CCCCCCCCCP(C)(C)=O.CCCCCCCCP(C)(C)=O. The van der Waals surface area contributed by atoms with E-state index >= 15 is 0 Å². The lowest BCUT2D eigenvalue weighted by atomic mass is 10.1. The van der Waals surface area contributed by atoms with E-state index in [2.05, 4.69) is 27.7 Å². The minimum atomic E-state index is -1.74. The molecule has 0 N–H and O–H groups in total. The van der Waals surface area contributed by atoms with Crippen molar-refractivity contribution in [3.63, 3.8) is 0 Å². The van der Waals surface area contributed by atoms with Crippen LogP contribution in [0.1, 0.15) is 220 Å². The molecule has 0 aromatic rings. The number of hydrogen-bond acceptors (Lipinski definition) is 4. The van der Waals surface area contributed by atoms with Gasteiger partial charge in [0.25, 0.3) is 0 Å². The van der Waals surface area contributed by atoms with Crippen molar-refractivity contribution in [1.29, 1.82) is 0 Å². The van der Waals surface area contributed by atoms with E-state index in [0.717, 1.165) is 43.9 Å². The number of hydrogen-bond donors (Lipinski definition) is 0. The maximum atomic E-state index is 11.4. The summed E-state index contributed by atoms with van der Waals surface area (Å²) in [5, 5.41) is 0. The molecule has 8 heteroatoms. The molecule has 0 radical (unpaired) electrons. The van der Waals surface area contributed by atoms with Crippen molar-refractivity contribution in [2.24, 2.45) is 0 Å². The summed E-state index contributed by atoms with van der Waals surface area (Å²) < 4.78 is 45.5. The van der Waals surface area contributed by atoms with E-state index in [1.807, 2.05) is 53.3 Å². The molecule has 4 nitrogen and oxygen atoms in total. The third-order valence-corrected chi connectivity index (χ3v) is 15.3. The highest BCUT2D eigenvalue weighted by Crippen LogP contribution is 2.38. The van der Waals surface area contributed by atoms with E-state index in [4.69, 9.17) is 0 Å². The lowest BCUT2D eigenvalue weighted by Gasteiger charge is -2.05. The van der Waals surface area contributed by atoms with Gasteiger partial charge in [-0.05, 0) is 79.0 Å². The van der Waals surface area contributed by atoms with Crippen LogP contribution in [0.3, 0.4) is 0 Å². The highest BCUT2D eigenvalue weighted by Gasteiger charge is 2.07. The van der Waals surface area contributed by atoms with Crippen LogP contribution in [0.25, 0.3) is 0 Å². The second-order valence-electron chi connectivity index (χ2n) is 18.4. The molecule has 0 aromatic carbocycles. The Hall–Kier alpha value is 0.920. The van der Waals surface area contributed by atoms with Gasteiger partial charge in [0.1, 0.15) is 0 Å². The van der Waals surface area contributed by atoms with Crippen molar-refractivity contribution in [1.82, 2.24) is 0 Å². The molecule has 0 aliphatic heterocycles. The largest absolute Gasteiger partial charge is 0.324 e. The monoisotopic (exact) mass is 845 g/mol. The molecule has 0 spiro atoms. The highest BCUT2D eigenvalue weighted by molar-refractivity contribution is 7.63. The molecule has 0 saturated carbocycles. The number of unbranched alkanes of at least 4 members (excludes halogenated alkanes) is 26. The van der Waals surface area contributed by atoms with Crippen LogP contribution in [0.15, 0.2) is 0 Å². The Balaban J connectivity index is -0.000000310. The molecule has 0 rings (SSSR count). The van der Waals surface area contributed by atoms with Crippen LogP contribution in [0.5, 0.6) is 0 Å². The highest BCUT2D eigenvalue weighted by atomic mass is 31.2. The average molecular weight is 845 g/mol. The molecule has 54 heavy (non-hydrogen) atoms. The fraction of sp³-hybridized carbons (Fsp3) is 1.00. The van der Waals surface area contributed by atoms with Crippen molar-refractivity contribution in [3.05, 3.63) is 0 Å². The summed E-state index contributed by atoms with van der Waals surface area (Å²) in [4.78, 5) is 0. The van der Waals surface area contributed by atoms with Crippen molar-refractivity contribution in [2.45, 2.75) is 220 Å². The summed E-state index contributed by atoms with van der Waals surface area (Å²) in [5.41, 5.74) is 0. The van der Waals surface area contributed by atoms with Gasteiger partial charge in [0.05, 0.1) is 28.6 Å². The average Bonchev–Trinajstić information content (AvgIpc) is 3.05. The molecule has 0 aliphatic rings. The van der Waals surface area contributed by atoms with Crippen molar-refractivity contribution < 1.29 is 18.3 Å². The Bertz CT molecular complexity index is 912. The summed E-state index contributed by atoms with van der Waals surface area (Å²) in [7, 11) is -6.92. The molecule has 0 atom stereocenters. The molecule has 0 fully saturated rings. The Morgan fingerprint density at radius 2 is 0.315 bits per heavy atom. The molecule has 0 aliphatic carbocycles. The van der Waals surface area contributed by atoms with E-state index < -0.39 is 28.6 Å². The van der Waals surface area contributed by atoms with Gasteiger partial charge in [0.15, 0.2) is 0 Å². The summed E-state index contributed by atoms with van der Waals surface area (Å²) in [5.74, 6) is 0. The fourth-order valence-corrected chi connectivity index (χ4v) is 10.1. The first kappa shape index (κ1) is 61.6. The summed E-state index contributed by atoms with van der Waals surface area (Å²) in [6.45, 7) is 24.1. The lowest BCUT2D eigenvalue weighted by molar-refractivity contribution is 0.563. The van der Waals surface area contributed by atoms with Crippen LogP contribution in [0.4, 0.5) is 0 Å². The minimum absolute atomic E-state index is 0.944. The summed E-state index contributed by atoms with van der Waals surface area (Å²) >= 11 is 0. The van der Waals surface area contributed by atoms with E-state index in [1.54, 1.807) is 0 Å². The Labute approximate surface area is 343 Å². The van der Waals surface area contributed by atoms with Crippen LogP contribution in [-0.4, -0.2) is 78.0 Å². The number of rotatable bonds is 34. The lowest BCUT2D eigenvalue weighted by Crippen LogP contribution is -1.87. The van der Waals surface area contributed by atoms with Gasteiger partial charge in [0, 0.05) is 24.6 Å². The van der Waals surface area contributed by atoms with E-state index in [-0.39, 0.29) is 0 Å². The zero-order valence-corrected chi connectivity index (χ0v) is 43.0. The predicted octanol–water partition coefficient (Wildman–Crippen LogP) is 18.2. The third kappa shape index (κ3) is 77.4. The summed E-state index contributed by atoms with van der Waals surface area (Å²) in [6.07, 6.45) is 43.5. The van der Waals surface area contributed by atoms with Crippen LogP contribution >= 0.6 is 28.6 Å². The van der Waals surface area contributed by atoms with Crippen LogP contribution < -0.4 is 0 Å². The molecule has 0 unspecified atom stereocenters. The third-order valence-electron chi connectivity index (χ3n) is 9.70. The molecule has 0 saturated heterocycles.